The van der Waals surface area contributed by atoms with Crippen molar-refractivity contribution in [3.63, 3.8) is 0 Å². The molecular weight excluding hydrogens is 232 g/mol. The van der Waals surface area contributed by atoms with Gasteiger partial charge in [0, 0.05) is 22.7 Å². The number of nitrogens with one attached hydrogen (secondary N) is 1. The minimum Gasteiger partial charge on any atom is -0.358 e. The molecule has 2 aromatic heterocycles. The summed E-state index contributed by atoms with van der Waals surface area (Å²) in [6.45, 7) is 8.85. The van der Waals surface area contributed by atoms with Crippen LogP contribution in [-0.2, 0) is 0 Å². The van der Waals surface area contributed by atoms with Gasteiger partial charge in [-0.2, -0.15) is 0 Å². The number of benzene rings is 1. The summed E-state index contributed by atoms with van der Waals surface area (Å²) < 4.78 is 0. The Morgan fingerprint density at radius 2 is 1.84 bits per heavy atom. The highest BCUT2D eigenvalue weighted by molar-refractivity contribution is 6.04. The first-order valence-corrected chi connectivity index (χ1v) is 6.98. The van der Waals surface area contributed by atoms with Crippen LogP contribution < -0.4 is 0 Å². The average Bonchev–Trinajstić information content (AvgIpc) is 2.82. The fourth-order valence-corrected chi connectivity index (χ4v) is 2.64. The molecule has 2 nitrogen and oxygen atoms in total. The predicted molar refractivity (Wildman–Crippen MR) is 81.8 cm³/mol. The van der Waals surface area contributed by atoms with Gasteiger partial charge in [0.15, 0.2) is 0 Å². The van der Waals surface area contributed by atoms with Gasteiger partial charge < -0.3 is 4.98 Å². The molecule has 0 aliphatic heterocycles. The molecule has 1 aromatic carbocycles. The normalized spacial score (nSPS) is 12.1. The zero-order valence-corrected chi connectivity index (χ0v) is 12.0. The molecule has 0 unspecified atom stereocenters. The second-order valence-electron chi connectivity index (χ2n) is 5.87. The van der Waals surface area contributed by atoms with E-state index >= 15 is 0 Å². The molecule has 2 heterocycles. The number of H-pyrrole nitrogens is 1. The third-order valence-electron chi connectivity index (χ3n) is 3.78. The number of para-hydroxylation sites is 1. The van der Waals surface area contributed by atoms with Crippen LogP contribution in [0.5, 0.6) is 0 Å². The Hall–Kier alpha value is -1.83. The molecule has 0 saturated carbocycles. The van der Waals surface area contributed by atoms with E-state index in [0.29, 0.717) is 11.8 Å². The van der Waals surface area contributed by atoms with Crippen molar-refractivity contribution in [1.29, 1.82) is 0 Å². The summed E-state index contributed by atoms with van der Waals surface area (Å²) in [6.07, 6.45) is 1.99. The van der Waals surface area contributed by atoms with Gasteiger partial charge in [0.2, 0.25) is 0 Å². The molecule has 3 rings (SSSR count). The maximum absolute atomic E-state index is 4.68. The molecule has 2 heteroatoms. The summed E-state index contributed by atoms with van der Waals surface area (Å²) in [5.41, 5.74) is 4.94. The molecule has 3 aromatic rings. The van der Waals surface area contributed by atoms with Crippen LogP contribution in [0.3, 0.4) is 0 Å². The lowest BCUT2D eigenvalue weighted by Crippen LogP contribution is -1.92. The Bertz CT molecular complexity index is 735. The molecule has 0 atom stereocenters. The van der Waals surface area contributed by atoms with Crippen molar-refractivity contribution >= 4 is 21.8 Å². The second-order valence-corrected chi connectivity index (χ2v) is 5.87. The zero-order chi connectivity index (χ0) is 13.6. The van der Waals surface area contributed by atoms with Crippen molar-refractivity contribution in [2.45, 2.75) is 39.5 Å². The van der Waals surface area contributed by atoms with E-state index in [0.717, 1.165) is 5.52 Å². The lowest BCUT2D eigenvalue weighted by Gasteiger charge is -2.09. The van der Waals surface area contributed by atoms with Crippen LogP contribution in [0, 0.1) is 0 Å². The number of aromatic amines is 1. The number of rotatable bonds is 2. The Kier molecular flexibility index (Phi) is 2.81. The summed E-state index contributed by atoms with van der Waals surface area (Å²) in [5.74, 6) is 1.00. The standard InChI is InChI=1S/C17H20N2/c1-10(2)13-6-5-7-14-16-12(9-18-17(13)14)8-15(19-16)11(3)4/h5-11,19H,1-4H3. The summed E-state index contributed by atoms with van der Waals surface area (Å²) >= 11 is 0. The Morgan fingerprint density at radius 3 is 2.53 bits per heavy atom. The smallest absolute Gasteiger partial charge is 0.0757 e. The van der Waals surface area contributed by atoms with Crippen molar-refractivity contribution in [1.82, 2.24) is 9.97 Å². The van der Waals surface area contributed by atoms with Gasteiger partial charge in [0.1, 0.15) is 0 Å². The molecule has 0 spiro atoms. The fourth-order valence-electron chi connectivity index (χ4n) is 2.64. The fraction of sp³-hybridized carbons (Fsp3) is 0.353. The highest BCUT2D eigenvalue weighted by Crippen LogP contribution is 2.30. The van der Waals surface area contributed by atoms with Gasteiger partial charge in [0.05, 0.1) is 11.0 Å². The molecule has 98 valence electrons. The number of aromatic nitrogens is 2. The van der Waals surface area contributed by atoms with E-state index in [2.05, 4.69) is 61.9 Å². The first-order chi connectivity index (χ1) is 9.08. The highest BCUT2D eigenvalue weighted by atomic mass is 14.8. The second kappa shape index (κ2) is 4.37. The lowest BCUT2D eigenvalue weighted by molar-refractivity contribution is 0.837. The van der Waals surface area contributed by atoms with E-state index in [9.17, 15) is 0 Å². The summed E-state index contributed by atoms with van der Waals surface area (Å²) in [7, 11) is 0. The molecule has 0 radical (unpaired) electrons. The van der Waals surface area contributed by atoms with E-state index in [1.165, 1.54) is 27.5 Å². The molecule has 0 bridgehead atoms. The SMILES string of the molecule is CC(C)c1cc2cnc3c(C(C)C)cccc3c2[nH]1. The number of hydrogen-bond acceptors (Lipinski definition) is 1. The topological polar surface area (TPSA) is 28.7 Å². The maximum Gasteiger partial charge on any atom is 0.0757 e. The minimum absolute atomic E-state index is 0.494. The van der Waals surface area contributed by atoms with Crippen molar-refractivity contribution in [3.8, 4) is 0 Å². The molecule has 0 saturated heterocycles. The maximum atomic E-state index is 4.68. The number of nitrogens with zero attached hydrogens (tertiary/aromatic N) is 1. The van der Waals surface area contributed by atoms with Gasteiger partial charge in [-0.15, -0.1) is 0 Å². The van der Waals surface area contributed by atoms with Gasteiger partial charge in [-0.05, 0) is 23.5 Å². The molecule has 0 amide bonds. The van der Waals surface area contributed by atoms with E-state index in [1.54, 1.807) is 0 Å². The number of pyridine rings is 1. The zero-order valence-electron chi connectivity index (χ0n) is 12.0. The number of fused-ring (bicyclic) bond motifs is 3. The molecular formula is C17H20N2. The van der Waals surface area contributed by atoms with Crippen LogP contribution in [0.4, 0.5) is 0 Å². The summed E-state index contributed by atoms with van der Waals surface area (Å²) in [5, 5.41) is 2.44. The van der Waals surface area contributed by atoms with Gasteiger partial charge in [-0.3, -0.25) is 4.98 Å². The largest absolute Gasteiger partial charge is 0.358 e. The van der Waals surface area contributed by atoms with Crippen LogP contribution >= 0.6 is 0 Å². The predicted octanol–water partition coefficient (Wildman–Crippen LogP) is 4.96. The van der Waals surface area contributed by atoms with Crippen molar-refractivity contribution in [3.05, 3.63) is 41.7 Å². The third kappa shape index (κ3) is 1.92. The first kappa shape index (κ1) is 12.2. The van der Waals surface area contributed by atoms with Crippen LogP contribution in [-0.4, -0.2) is 9.97 Å². The van der Waals surface area contributed by atoms with Crippen molar-refractivity contribution in [2.75, 3.05) is 0 Å². The van der Waals surface area contributed by atoms with E-state index in [-0.39, 0.29) is 0 Å². The van der Waals surface area contributed by atoms with Gasteiger partial charge >= 0.3 is 0 Å². The van der Waals surface area contributed by atoms with Gasteiger partial charge in [-0.1, -0.05) is 45.9 Å². The molecule has 0 aliphatic rings. The van der Waals surface area contributed by atoms with Crippen LogP contribution in [0.25, 0.3) is 21.8 Å². The molecule has 1 N–H and O–H groups in total. The summed E-state index contributed by atoms with van der Waals surface area (Å²) in [6, 6.07) is 8.69. The monoisotopic (exact) mass is 252 g/mol. The highest BCUT2D eigenvalue weighted by Gasteiger charge is 2.11. The molecule has 0 fully saturated rings. The van der Waals surface area contributed by atoms with Gasteiger partial charge in [-0.25, -0.2) is 0 Å². The average molecular weight is 252 g/mol. The van der Waals surface area contributed by atoms with E-state index in [1.807, 2.05) is 6.20 Å². The Balaban J connectivity index is 2.37. The Morgan fingerprint density at radius 1 is 1.05 bits per heavy atom. The lowest BCUT2D eigenvalue weighted by atomic mass is 9.99. The van der Waals surface area contributed by atoms with E-state index < -0.39 is 0 Å². The quantitative estimate of drug-likeness (QED) is 0.686. The van der Waals surface area contributed by atoms with E-state index in [4.69, 9.17) is 0 Å². The van der Waals surface area contributed by atoms with Crippen molar-refractivity contribution in [2.24, 2.45) is 0 Å². The van der Waals surface area contributed by atoms with Crippen LogP contribution in [0.1, 0.15) is 50.8 Å². The van der Waals surface area contributed by atoms with Gasteiger partial charge in [0.25, 0.3) is 0 Å². The van der Waals surface area contributed by atoms with Crippen molar-refractivity contribution < 1.29 is 0 Å². The first-order valence-electron chi connectivity index (χ1n) is 6.98. The molecule has 0 aliphatic carbocycles. The summed E-state index contributed by atoms with van der Waals surface area (Å²) in [4.78, 5) is 8.25. The Labute approximate surface area is 113 Å². The third-order valence-corrected chi connectivity index (χ3v) is 3.78. The van der Waals surface area contributed by atoms with Crippen LogP contribution in [0.2, 0.25) is 0 Å². The number of hydrogen-bond donors (Lipinski definition) is 1. The molecule has 19 heavy (non-hydrogen) atoms. The minimum atomic E-state index is 0.494. The van der Waals surface area contributed by atoms with Crippen LogP contribution in [0.15, 0.2) is 30.5 Å².